The zero-order valence-electron chi connectivity index (χ0n) is 25.5. The van der Waals surface area contributed by atoms with Gasteiger partial charge in [0.1, 0.15) is 24.4 Å². The minimum Gasteiger partial charge on any atom is -0.374 e. The number of benzene rings is 4. The zero-order chi connectivity index (χ0) is 31.4. The van der Waals surface area contributed by atoms with Crippen molar-refractivity contribution in [2.45, 2.75) is 69.0 Å². The SMILES string of the molecule is CC(=O)N[C@@H]1[C@@H](OCc2ccccc2)[C@H](OCc2ccccc2)[C@@H](COCc2ccccc2)O[C@@H]1C(=O)Sc1ccc(C)cc1. The summed E-state index contributed by atoms with van der Waals surface area (Å²) in [6, 6.07) is 36.4. The van der Waals surface area contributed by atoms with Gasteiger partial charge in [0.15, 0.2) is 0 Å². The Morgan fingerprint density at radius 3 is 1.76 bits per heavy atom. The van der Waals surface area contributed by atoms with Crippen molar-refractivity contribution in [3.63, 3.8) is 0 Å². The van der Waals surface area contributed by atoms with Gasteiger partial charge >= 0.3 is 0 Å². The van der Waals surface area contributed by atoms with Crippen LogP contribution in [0.1, 0.15) is 29.2 Å². The van der Waals surface area contributed by atoms with Crippen molar-refractivity contribution in [1.82, 2.24) is 5.32 Å². The highest BCUT2D eigenvalue weighted by Gasteiger charge is 2.50. The van der Waals surface area contributed by atoms with Gasteiger partial charge in [0.2, 0.25) is 11.0 Å². The van der Waals surface area contributed by atoms with Crippen LogP contribution in [0.4, 0.5) is 0 Å². The summed E-state index contributed by atoms with van der Waals surface area (Å²) in [6.45, 7) is 4.50. The maximum Gasteiger partial charge on any atom is 0.224 e. The maximum atomic E-state index is 13.9. The molecule has 1 aliphatic heterocycles. The Bertz CT molecular complexity index is 1490. The molecule has 0 unspecified atom stereocenters. The van der Waals surface area contributed by atoms with Gasteiger partial charge in [0, 0.05) is 11.8 Å². The molecule has 1 fully saturated rings. The standard InChI is InChI=1S/C37H39NO6S/c1-26-18-20-31(21-19-26)45-37(40)36-33(38-27(2)39)35(43-24-30-16-10-5-11-17-30)34(42-23-29-14-8-4-9-15-29)32(44-36)25-41-22-28-12-6-3-7-13-28/h3-21,32-36H,22-25H2,1-2H3,(H,38,39)/t32-,33-,34-,35-,36+/m1/s1. The van der Waals surface area contributed by atoms with E-state index in [1.807, 2.05) is 122 Å². The molecule has 4 aromatic rings. The molecule has 0 radical (unpaired) electrons. The highest BCUT2D eigenvalue weighted by Crippen LogP contribution is 2.33. The van der Waals surface area contributed by atoms with Gasteiger partial charge in [-0.25, -0.2) is 0 Å². The van der Waals surface area contributed by atoms with Crippen molar-refractivity contribution in [2.24, 2.45) is 0 Å². The smallest absolute Gasteiger partial charge is 0.224 e. The van der Waals surface area contributed by atoms with Crippen molar-refractivity contribution >= 4 is 22.8 Å². The summed E-state index contributed by atoms with van der Waals surface area (Å²) in [4.78, 5) is 27.3. The molecule has 1 heterocycles. The highest BCUT2D eigenvalue weighted by atomic mass is 32.2. The van der Waals surface area contributed by atoms with Crippen LogP contribution in [0.5, 0.6) is 0 Å². The minimum absolute atomic E-state index is 0.158. The van der Waals surface area contributed by atoms with E-state index < -0.39 is 30.5 Å². The van der Waals surface area contributed by atoms with Gasteiger partial charge in [-0.15, -0.1) is 0 Å². The van der Waals surface area contributed by atoms with Crippen LogP contribution in [0.15, 0.2) is 120 Å². The molecule has 45 heavy (non-hydrogen) atoms. The number of nitrogens with one attached hydrogen (secondary N) is 1. The van der Waals surface area contributed by atoms with Crippen LogP contribution in [0.25, 0.3) is 0 Å². The van der Waals surface area contributed by atoms with Gasteiger partial charge in [0.05, 0.1) is 32.5 Å². The molecule has 5 atom stereocenters. The Morgan fingerprint density at radius 1 is 0.711 bits per heavy atom. The summed E-state index contributed by atoms with van der Waals surface area (Å²) in [5, 5.41) is 2.75. The third-order valence-corrected chi connectivity index (χ3v) is 8.44. The molecule has 0 spiro atoms. The van der Waals surface area contributed by atoms with E-state index in [1.54, 1.807) is 0 Å². The number of ether oxygens (including phenoxy) is 4. The van der Waals surface area contributed by atoms with Crippen molar-refractivity contribution in [3.8, 4) is 0 Å². The maximum absolute atomic E-state index is 13.9. The van der Waals surface area contributed by atoms with Crippen molar-refractivity contribution in [3.05, 3.63) is 138 Å². The average molecular weight is 626 g/mol. The first kappa shape index (κ1) is 32.6. The van der Waals surface area contributed by atoms with Crippen molar-refractivity contribution < 1.29 is 28.5 Å². The first-order valence-corrected chi connectivity index (χ1v) is 15.9. The summed E-state index contributed by atoms with van der Waals surface area (Å²) >= 11 is 1.09. The van der Waals surface area contributed by atoms with E-state index in [0.29, 0.717) is 13.2 Å². The van der Waals surface area contributed by atoms with Crippen molar-refractivity contribution in [2.75, 3.05) is 6.61 Å². The summed E-state index contributed by atoms with van der Waals surface area (Å²) in [7, 11) is 0. The lowest BCUT2D eigenvalue weighted by atomic mass is 9.92. The number of rotatable bonds is 13. The fraction of sp³-hybridized carbons (Fsp3) is 0.297. The number of hydrogen-bond acceptors (Lipinski definition) is 7. The van der Waals surface area contributed by atoms with Gasteiger partial charge in [0.25, 0.3) is 0 Å². The topological polar surface area (TPSA) is 83.1 Å². The van der Waals surface area contributed by atoms with Crippen molar-refractivity contribution in [1.29, 1.82) is 0 Å². The fourth-order valence-electron chi connectivity index (χ4n) is 5.25. The second-order valence-corrected chi connectivity index (χ2v) is 12.2. The quantitative estimate of drug-likeness (QED) is 0.175. The normalized spacial score (nSPS) is 21.2. The third kappa shape index (κ3) is 9.60. The summed E-state index contributed by atoms with van der Waals surface area (Å²) in [5.41, 5.74) is 4.06. The van der Waals surface area contributed by atoms with Gasteiger partial charge < -0.3 is 24.3 Å². The largest absolute Gasteiger partial charge is 0.374 e. The van der Waals surface area contributed by atoms with Gasteiger partial charge in [-0.2, -0.15) is 0 Å². The van der Waals surface area contributed by atoms with E-state index in [1.165, 1.54) is 6.92 Å². The third-order valence-electron chi connectivity index (χ3n) is 7.50. The molecule has 0 saturated carbocycles. The van der Waals surface area contributed by atoms with Gasteiger partial charge in [-0.1, -0.05) is 109 Å². The first-order chi connectivity index (χ1) is 22.0. The molecule has 0 aliphatic carbocycles. The van der Waals surface area contributed by atoms with Crippen LogP contribution in [0, 0.1) is 6.92 Å². The predicted octanol–water partition coefficient (Wildman–Crippen LogP) is 6.27. The van der Waals surface area contributed by atoms with Crippen LogP contribution in [0.3, 0.4) is 0 Å². The van der Waals surface area contributed by atoms with E-state index in [2.05, 4.69) is 5.32 Å². The summed E-state index contributed by atoms with van der Waals surface area (Å²) in [6.07, 6.45) is -3.04. The summed E-state index contributed by atoms with van der Waals surface area (Å²) in [5.74, 6) is -0.296. The Kier molecular flexibility index (Phi) is 12.0. The second kappa shape index (κ2) is 16.5. The fourth-order valence-corrected chi connectivity index (χ4v) is 6.07. The molecular weight excluding hydrogens is 586 g/mol. The highest BCUT2D eigenvalue weighted by molar-refractivity contribution is 8.13. The Hall–Kier alpha value is -3.79. The number of amides is 1. The van der Waals surface area contributed by atoms with Gasteiger partial charge in [-0.05, 0) is 47.5 Å². The molecule has 1 aliphatic rings. The van der Waals surface area contributed by atoms with E-state index in [-0.39, 0.29) is 24.2 Å². The Labute approximate surface area is 269 Å². The number of hydrogen-bond donors (Lipinski definition) is 1. The average Bonchev–Trinajstić information content (AvgIpc) is 3.06. The molecule has 1 N–H and O–H groups in total. The lowest BCUT2D eigenvalue weighted by molar-refractivity contribution is -0.227. The number of carbonyl (C=O) groups excluding carboxylic acids is 2. The van der Waals surface area contributed by atoms with E-state index in [4.69, 9.17) is 18.9 Å². The van der Waals surface area contributed by atoms with Crippen LogP contribution in [-0.2, 0) is 48.4 Å². The monoisotopic (exact) mass is 625 g/mol. The second-order valence-electron chi connectivity index (χ2n) is 11.1. The van der Waals surface area contributed by atoms with E-state index >= 15 is 0 Å². The molecular formula is C37H39NO6S. The Balaban J connectivity index is 1.45. The van der Waals surface area contributed by atoms with E-state index in [9.17, 15) is 9.59 Å². The molecule has 1 amide bonds. The molecule has 0 aromatic heterocycles. The molecule has 8 heteroatoms. The first-order valence-electron chi connectivity index (χ1n) is 15.1. The predicted molar refractivity (Wildman–Crippen MR) is 174 cm³/mol. The molecule has 5 rings (SSSR count). The molecule has 234 valence electrons. The molecule has 1 saturated heterocycles. The number of carbonyl (C=O) groups is 2. The molecule has 0 bridgehead atoms. The minimum atomic E-state index is -1.01. The van der Waals surface area contributed by atoms with Crippen LogP contribution < -0.4 is 5.32 Å². The number of thioether (sulfide) groups is 1. The lowest BCUT2D eigenvalue weighted by Gasteiger charge is -2.46. The van der Waals surface area contributed by atoms with Gasteiger partial charge in [-0.3, -0.25) is 9.59 Å². The number of aryl methyl sites for hydroxylation is 1. The van der Waals surface area contributed by atoms with Crippen LogP contribution in [-0.4, -0.2) is 48.1 Å². The zero-order valence-corrected chi connectivity index (χ0v) is 26.4. The molecule has 7 nitrogen and oxygen atoms in total. The summed E-state index contributed by atoms with van der Waals surface area (Å²) < 4.78 is 25.9. The lowest BCUT2D eigenvalue weighted by Crippen LogP contribution is -2.66. The Morgan fingerprint density at radius 2 is 1.22 bits per heavy atom. The molecule has 4 aromatic carbocycles. The van der Waals surface area contributed by atoms with E-state index in [0.717, 1.165) is 38.9 Å². The van der Waals surface area contributed by atoms with Crippen LogP contribution in [0.2, 0.25) is 0 Å². The van der Waals surface area contributed by atoms with Crippen LogP contribution >= 0.6 is 11.8 Å².